The highest BCUT2D eigenvalue weighted by Crippen LogP contribution is 2.34. The van der Waals surface area contributed by atoms with Gasteiger partial charge in [0, 0.05) is 36.0 Å². The first-order valence-corrected chi connectivity index (χ1v) is 8.29. The second-order valence-corrected chi connectivity index (χ2v) is 6.18. The number of nitrogens with zero attached hydrogens (tertiary/aromatic N) is 1. The van der Waals surface area contributed by atoms with Gasteiger partial charge >= 0.3 is 0 Å². The quantitative estimate of drug-likeness (QED) is 0.921. The molecule has 24 heavy (non-hydrogen) atoms. The van der Waals surface area contributed by atoms with Crippen molar-refractivity contribution in [3.8, 4) is 5.75 Å². The third-order valence-corrected chi connectivity index (χ3v) is 4.59. The van der Waals surface area contributed by atoms with Crippen LogP contribution in [0.5, 0.6) is 5.75 Å². The number of rotatable bonds is 2. The Morgan fingerprint density at radius 2 is 2.08 bits per heavy atom. The number of fused-ring (bicyclic) bond motifs is 2. The average Bonchev–Trinajstić information content (AvgIpc) is 2.93. The first-order valence-electron chi connectivity index (χ1n) is 8.29. The van der Waals surface area contributed by atoms with Crippen LogP contribution in [0.3, 0.4) is 0 Å². The van der Waals surface area contributed by atoms with E-state index in [9.17, 15) is 4.79 Å². The molecule has 122 valence electrons. The van der Waals surface area contributed by atoms with Gasteiger partial charge in [0.15, 0.2) is 0 Å². The number of ether oxygens (including phenoxy) is 1. The van der Waals surface area contributed by atoms with Crippen LogP contribution in [-0.4, -0.2) is 25.1 Å². The van der Waals surface area contributed by atoms with Gasteiger partial charge < -0.3 is 15.0 Å². The minimum Gasteiger partial charge on any atom is -0.490 e. The van der Waals surface area contributed by atoms with Gasteiger partial charge in [-0.05, 0) is 24.6 Å². The van der Waals surface area contributed by atoms with Gasteiger partial charge in [-0.15, -0.1) is 0 Å². The molecule has 0 saturated carbocycles. The molecule has 1 atom stereocenters. The molecule has 2 aliphatic heterocycles. The lowest BCUT2D eigenvalue weighted by Crippen LogP contribution is -2.26. The maximum atomic E-state index is 11.8. The Bertz CT molecular complexity index is 813. The fourth-order valence-electron chi connectivity index (χ4n) is 3.39. The number of para-hydroxylation sites is 1. The highest BCUT2D eigenvalue weighted by molar-refractivity contribution is 5.95. The van der Waals surface area contributed by atoms with Crippen molar-refractivity contribution in [2.45, 2.75) is 19.4 Å². The van der Waals surface area contributed by atoms with Crippen molar-refractivity contribution in [3.05, 3.63) is 59.7 Å². The first kappa shape index (κ1) is 14.8. The Balaban J connectivity index is 1.56. The number of benzene rings is 2. The number of carbonyl (C=O) groups excluding carboxylic acids is 1. The maximum Gasteiger partial charge on any atom is 0.223 e. The average molecular weight is 320 g/mol. The van der Waals surface area contributed by atoms with Crippen molar-refractivity contribution in [2.24, 2.45) is 0 Å². The Morgan fingerprint density at radius 3 is 2.96 bits per heavy atom. The van der Waals surface area contributed by atoms with E-state index in [1.165, 1.54) is 5.56 Å². The van der Waals surface area contributed by atoms with E-state index >= 15 is 0 Å². The summed E-state index contributed by atoms with van der Waals surface area (Å²) in [6, 6.07) is 14.2. The molecular formula is C20H20N2O2. The van der Waals surface area contributed by atoms with Crippen LogP contribution in [0, 0.1) is 0 Å². The van der Waals surface area contributed by atoms with Gasteiger partial charge in [0.1, 0.15) is 12.4 Å². The Morgan fingerprint density at radius 1 is 1.21 bits per heavy atom. The van der Waals surface area contributed by atoms with Crippen molar-refractivity contribution in [1.82, 2.24) is 0 Å². The summed E-state index contributed by atoms with van der Waals surface area (Å²) in [4.78, 5) is 13.6. The van der Waals surface area contributed by atoms with Crippen molar-refractivity contribution in [3.63, 3.8) is 0 Å². The normalized spacial score (nSPS) is 18.4. The van der Waals surface area contributed by atoms with Gasteiger partial charge in [-0.1, -0.05) is 36.4 Å². The van der Waals surface area contributed by atoms with Crippen LogP contribution < -0.4 is 15.0 Å². The molecule has 4 heteroatoms. The first-order chi connectivity index (χ1) is 11.7. The number of hydrogen-bond acceptors (Lipinski definition) is 3. The molecule has 4 rings (SSSR count). The molecule has 4 nitrogen and oxygen atoms in total. The molecule has 0 saturated heterocycles. The van der Waals surface area contributed by atoms with Gasteiger partial charge in [0.25, 0.3) is 0 Å². The molecule has 0 aliphatic carbocycles. The van der Waals surface area contributed by atoms with Crippen molar-refractivity contribution >= 4 is 23.4 Å². The van der Waals surface area contributed by atoms with E-state index in [1.54, 1.807) is 6.92 Å². The van der Waals surface area contributed by atoms with Crippen LogP contribution in [0.2, 0.25) is 0 Å². The van der Waals surface area contributed by atoms with E-state index < -0.39 is 0 Å². The monoisotopic (exact) mass is 320 g/mol. The summed E-state index contributed by atoms with van der Waals surface area (Å²) in [5.74, 6) is 1.01. The molecule has 1 N–H and O–H groups in total. The molecule has 0 aromatic heterocycles. The van der Waals surface area contributed by atoms with E-state index in [2.05, 4.69) is 29.6 Å². The number of nitrogens with one attached hydrogen (secondary N) is 1. The summed E-state index contributed by atoms with van der Waals surface area (Å²) in [5.41, 5.74) is 4.42. The molecule has 0 bridgehead atoms. The third-order valence-electron chi connectivity index (χ3n) is 4.59. The lowest BCUT2D eigenvalue weighted by molar-refractivity contribution is -0.116. The van der Waals surface area contributed by atoms with E-state index in [4.69, 9.17) is 4.74 Å². The topological polar surface area (TPSA) is 41.6 Å². The Kier molecular flexibility index (Phi) is 3.73. The standard InChI is InChI=1S/C20H20N2O2/c1-14(23)22-12-11-17-18(6-4-7-19(17)22)21-16-10-9-15-5-2-3-8-20(15)24-13-16/h2-10,16,21H,11-13H2,1H3/t16-/m1/s1. The second-order valence-electron chi connectivity index (χ2n) is 6.18. The zero-order chi connectivity index (χ0) is 16.5. The van der Waals surface area contributed by atoms with Crippen LogP contribution in [0.4, 0.5) is 11.4 Å². The van der Waals surface area contributed by atoms with E-state index in [1.807, 2.05) is 35.2 Å². The molecule has 0 fully saturated rings. The minimum absolute atomic E-state index is 0.0929. The molecule has 0 radical (unpaired) electrons. The summed E-state index contributed by atoms with van der Waals surface area (Å²) in [5, 5.41) is 3.57. The third kappa shape index (κ3) is 2.64. The number of carbonyl (C=O) groups is 1. The zero-order valence-corrected chi connectivity index (χ0v) is 13.7. The van der Waals surface area contributed by atoms with Crippen LogP contribution in [0.25, 0.3) is 6.08 Å². The number of anilines is 2. The van der Waals surface area contributed by atoms with Crippen LogP contribution in [-0.2, 0) is 11.2 Å². The van der Waals surface area contributed by atoms with Crippen molar-refractivity contribution in [2.75, 3.05) is 23.4 Å². The molecular weight excluding hydrogens is 300 g/mol. The summed E-state index contributed by atoms with van der Waals surface area (Å²) >= 11 is 0. The lowest BCUT2D eigenvalue weighted by atomic mass is 10.1. The highest BCUT2D eigenvalue weighted by Gasteiger charge is 2.25. The largest absolute Gasteiger partial charge is 0.490 e. The van der Waals surface area contributed by atoms with E-state index in [0.717, 1.165) is 35.7 Å². The van der Waals surface area contributed by atoms with Crippen LogP contribution in [0.1, 0.15) is 18.1 Å². The van der Waals surface area contributed by atoms with Crippen LogP contribution >= 0.6 is 0 Å². The summed E-state index contributed by atoms with van der Waals surface area (Å²) in [6.45, 7) is 2.95. The summed E-state index contributed by atoms with van der Waals surface area (Å²) in [7, 11) is 0. The van der Waals surface area contributed by atoms with Gasteiger partial charge in [-0.25, -0.2) is 0 Å². The smallest absolute Gasteiger partial charge is 0.223 e. The predicted molar refractivity (Wildman–Crippen MR) is 96.6 cm³/mol. The van der Waals surface area contributed by atoms with Gasteiger partial charge in [-0.2, -0.15) is 0 Å². The molecule has 0 unspecified atom stereocenters. The summed E-state index contributed by atoms with van der Waals surface area (Å²) in [6.07, 6.45) is 5.13. The number of hydrogen-bond donors (Lipinski definition) is 1. The Labute approximate surface area is 141 Å². The zero-order valence-electron chi connectivity index (χ0n) is 13.7. The molecule has 0 spiro atoms. The number of amides is 1. The fraction of sp³-hybridized carbons (Fsp3) is 0.250. The molecule has 2 aliphatic rings. The Hall–Kier alpha value is -2.75. The molecule has 2 aromatic rings. The second kappa shape index (κ2) is 6.04. The maximum absolute atomic E-state index is 11.8. The van der Waals surface area contributed by atoms with E-state index in [-0.39, 0.29) is 11.9 Å². The van der Waals surface area contributed by atoms with Crippen molar-refractivity contribution < 1.29 is 9.53 Å². The lowest BCUT2D eigenvalue weighted by Gasteiger charge is -2.19. The predicted octanol–water partition coefficient (Wildman–Crippen LogP) is 3.48. The van der Waals surface area contributed by atoms with Gasteiger partial charge in [0.2, 0.25) is 5.91 Å². The van der Waals surface area contributed by atoms with Crippen LogP contribution in [0.15, 0.2) is 48.5 Å². The van der Waals surface area contributed by atoms with Crippen molar-refractivity contribution in [1.29, 1.82) is 0 Å². The van der Waals surface area contributed by atoms with Gasteiger partial charge in [-0.3, -0.25) is 4.79 Å². The van der Waals surface area contributed by atoms with E-state index in [0.29, 0.717) is 6.61 Å². The van der Waals surface area contributed by atoms with Gasteiger partial charge in [0.05, 0.1) is 6.04 Å². The molecule has 1 amide bonds. The highest BCUT2D eigenvalue weighted by atomic mass is 16.5. The molecule has 2 heterocycles. The SMILES string of the molecule is CC(=O)N1CCc2c(N[C@@H]3C=Cc4ccccc4OC3)cccc21. The summed E-state index contributed by atoms with van der Waals surface area (Å²) < 4.78 is 5.92. The minimum atomic E-state index is 0.0929. The fourth-order valence-corrected chi connectivity index (χ4v) is 3.39. The molecule has 2 aromatic carbocycles.